The highest BCUT2D eigenvalue weighted by Gasteiger charge is 2.17. The van der Waals surface area contributed by atoms with E-state index in [4.69, 9.17) is 16.3 Å². The normalized spacial score (nSPS) is 11.9. The molecular formula is C34H33ClN2O3S. The first-order chi connectivity index (χ1) is 20.0. The molecule has 1 heterocycles. The molecule has 1 aromatic heterocycles. The Kier molecular flexibility index (Phi) is 9.45. The van der Waals surface area contributed by atoms with Crippen LogP contribution >= 0.6 is 23.4 Å². The smallest absolute Gasteiger partial charge is 0.193 e. The van der Waals surface area contributed by atoms with Gasteiger partial charge in [-0.1, -0.05) is 47.1 Å². The van der Waals surface area contributed by atoms with Gasteiger partial charge in [0.2, 0.25) is 0 Å². The molecule has 41 heavy (non-hydrogen) atoms. The fraction of sp³-hybridized carbons (Fsp3) is 0.235. The van der Waals surface area contributed by atoms with E-state index in [-0.39, 0.29) is 5.78 Å². The maximum atomic E-state index is 13.5. The van der Waals surface area contributed by atoms with Crippen LogP contribution in [0.5, 0.6) is 0 Å². The third-order valence-corrected chi connectivity index (χ3v) is 8.62. The number of hydrogen-bond acceptors (Lipinski definition) is 5. The van der Waals surface area contributed by atoms with Gasteiger partial charge >= 0.3 is 0 Å². The first kappa shape index (κ1) is 28.9. The van der Waals surface area contributed by atoms with Gasteiger partial charge in [-0.05, 0) is 92.6 Å². The fourth-order valence-electron chi connectivity index (χ4n) is 5.16. The van der Waals surface area contributed by atoms with Crippen molar-refractivity contribution in [2.75, 3.05) is 19.0 Å². The monoisotopic (exact) mass is 584 g/mol. The third-order valence-electron chi connectivity index (χ3n) is 7.27. The van der Waals surface area contributed by atoms with Gasteiger partial charge in [-0.3, -0.25) is 4.79 Å². The van der Waals surface area contributed by atoms with Crippen molar-refractivity contribution in [3.05, 3.63) is 112 Å². The van der Waals surface area contributed by atoms with E-state index in [2.05, 4.69) is 21.9 Å². The van der Waals surface area contributed by atoms with Crippen LogP contribution in [0.15, 0.2) is 95.0 Å². The number of carbonyl (C=O) groups is 1. The molecule has 1 N–H and O–H groups in total. The van der Waals surface area contributed by atoms with Crippen molar-refractivity contribution in [2.24, 2.45) is 5.16 Å². The minimum Gasteiger partial charge on any atom is -0.411 e. The summed E-state index contributed by atoms with van der Waals surface area (Å²) in [6.45, 7) is 5.90. The summed E-state index contributed by atoms with van der Waals surface area (Å²) in [6, 6.07) is 27.6. The van der Waals surface area contributed by atoms with Gasteiger partial charge in [0.15, 0.2) is 5.78 Å². The summed E-state index contributed by atoms with van der Waals surface area (Å²) in [5, 5.41) is 16.3. The minimum absolute atomic E-state index is 0.00664. The topological polar surface area (TPSA) is 63.8 Å². The molecule has 0 unspecified atom stereocenters. The van der Waals surface area contributed by atoms with Gasteiger partial charge in [0, 0.05) is 61.6 Å². The quantitative estimate of drug-likeness (QED) is 0.0397. The van der Waals surface area contributed by atoms with Crippen LogP contribution in [0.25, 0.3) is 21.8 Å². The number of aromatic nitrogens is 1. The first-order valence-corrected chi connectivity index (χ1v) is 15.2. The summed E-state index contributed by atoms with van der Waals surface area (Å²) >= 11 is 7.75. The molecule has 0 aliphatic carbocycles. The Hall–Kier alpha value is -3.58. The number of oxime groups is 1. The Bertz CT molecular complexity index is 1710. The van der Waals surface area contributed by atoms with Gasteiger partial charge in [0.1, 0.15) is 0 Å². The van der Waals surface area contributed by atoms with Crippen LogP contribution in [-0.4, -0.2) is 40.2 Å². The largest absolute Gasteiger partial charge is 0.411 e. The number of carbonyl (C=O) groups excluding carboxylic acids is 1. The highest BCUT2D eigenvalue weighted by molar-refractivity contribution is 7.99. The number of aryl methyl sites for hydroxylation is 1. The number of halogens is 1. The zero-order valence-corrected chi connectivity index (χ0v) is 24.8. The van der Waals surface area contributed by atoms with Gasteiger partial charge in [-0.25, -0.2) is 0 Å². The number of thioether (sulfide) groups is 1. The number of benzene rings is 4. The van der Waals surface area contributed by atoms with Crippen molar-refractivity contribution >= 4 is 56.7 Å². The number of nitrogens with zero attached hydrogens (tertiary/aromatic N) is 2. The summed E-state index contributed by atoms with van der Waals surface area (Å²) in [4.78, 5) is 14.6. The molecule has 0 atom stereocenters. The maximum absolute atomic E-state index is 13.5. The molecule has 0 aliphatic heterocycles. The summed E-state index contributed by atoms with van der Waals surface area (Å²) in [7, 11) is 0. The van der Waals surface area contributed by atoms with E-state index in [1.807, 2.05) is 86.6 Å². The van der Waals surface area contributed by atoms with Crippen molar-refractivity contribution < 1.29 is 14.7 Å². The molecule has 0 radical (unpaired) electrons. The third kappa shape index (κ3) is 6.51. The summed E-state index contributed by atoms with van der Waals surface area (Å²) in [5.74, 6) is 0.900. The number of ether oxygens (including phenoxy) is 1. The molecule has 210 valence electrons. The van der Waals surface area contributed by atoms with E-state index < -0.39 is 0 Å². The molecule has 5 aromatic rings. The molecule has 5 rings (SSSR count). The van der Waals surface area contributed by atoms with Crippen molar-refractivity contribution in [3.63, 3.8) is 0 Å². The summed E-state index contributed by atoms with van der Waals surface area (Å²) in [5.41, 5.74) is 5.92. The second-order valence-corrected chi connectivity index (χ2v) is 11.5. The van der Waals surface area contributed by atoms with E-state index >= 15 is 0 Å². The highest BCUT2D eigenvalue weighted by atomic mass is 35.5. The number of ketones is 1. The van der Waals surface area contributed by atoms with Crippen LogP contribution in [-0.2, 0) is 11.3 Å². The Labute approximate surface area is 249 Å². The second kappa shape index (κ2) is 13.4. The van der Waals surface area contributed by atoms with Crippen LogP contribution < -0.4 is 0 Å². The summed E-state index contributed by atoms with van der Waals surface area (Å²) < 4.78 is 7.91. The SMILES string of the molecule is CCOCCn1c2ccc(C(=O)c3ccccc3C)cc2c2cc(C(CCCSc3ccc(Cl)cc3)=NO)ccc21. The van der Waals surface area contributed by atoms with Crippen LogP contribution in [0.2, 0.25) is 5.02 Å². The lowest BCUT2D eigenvalue weighted by atomic mass is 9.97. The zero-order valence-electron chi connectivity index (χ0n) is 23.3. The molecule has 0 bridgehead atoms. The van der Waals surface area contributed by atoms with Crippen LogP contribution in [0, 0.1) is 6.92 Å². The first-order valence-electron chi connectivity index (χ1n) is 13.8. The predicted molar refractivity (Wildman–Crippen MR) is 170 cm³/mol. The molecule has 7 heteroatoms. The van der Waals surface area contributed by atoms with Crippen molar-refractivity contribution in [3.8, 4) is 0 Å². The average molecular weight is 585 g/mol. The minimum atomic E-state index is 0.00664. The number of hydrogen-bond donors (Lipinski definition) is 1. The second-order valence-electron chi connectivity index (χ2n) is 9.91. The Morgan fingerprint density at radius 3 is 2.32 bits per heavy atom. The molecular weight excluding hydrogens is 552 g/mol. The highest BCUT2D eigenvalue weighted by Crippen LogP contribution is 2.32. The van der Waals surface area contributed by atoms with Crippen molar-refractivity contribution in [2.45, 2.75) is 38.1 Å². The standard InChI is InChI=1S/C34H33ClN2O3S/c1-3-40-19-18-37-32-16-10-24(31(36-39)9-6-20-41-27-14-12-26(35)13-15-27)21-29(32)30-22-25(11-17-33(30)37)34(38)28-8-5-4-7-23(28)2/h4-5,7-8,10-17,21-22,39H,3,6,9,18-20H2,1-2H3. The van der Waals surface area contributed by atoms with Gasteiger partial charge in [0.25, 0.3) is 0 Å². The predicted octanol–water partition coefficient (Wildman–Crippen LogP) is 8.77. The van der Waals surface area contributed by atoms with E-state index in [1.165, 1.54) is 0 Å². The lowest BCUT2D eigenvalue weighted by molar-refractivity contribution is 0.103. The van der Waals surface area contributed by atoms with E-state index in [9.17, 15) is 10.0 Å². The van der Waals surface area contributed by atoms with Crippen molar-refractivity contribution in [1.82, 2.24) is 4.57 Å². The Balaban J connectivity index is 1.46. The molecule has 0 saturated carbocycles. The van der Waals surface area contributed by atoms with E-state index in [0.29, 0.717) is 43.0 Å². The number of fused-ring (bicyclic) bond motifs is 3. The molecule has 4 aromatic carbocycles. The van der Waals surface area contributed by atoms with E-state index in [1.54, 1.807) is 11.8 Å². The lowest BCUT2D eigenvalue weighted by Crippen LogP contribution is -2.06. The van der Waals surface area contributed by atoms with Crippen molar-refractivity contribution in [1.29, 1.82) is 0 Å². The lowest BCUT2D eigenvalue weighted by Gasteiger charge is -2.09. The molecule has 0 amide bonds. The van der Waals surface area contributed by atoms with Gasteiger partial charge in [0.05, 0.1) is 12.3 Å². The van der Waals surface area contributed by atoms with Gasteiger partial charge < -0.3 is 14.5 Å². The van der Waals surface area contributed by atoms with Gasteiger partial charge in [-0.15, -0.1) is 11.8 Å². The Morgan fingerprint density at radius 1 is 0.951 bits per heavy atom. The molecule has 0 spiro atoms. The average Bonchev–Trinajstić information content (AvgIpc) is 3.30. The Morgan fingerprint density at radius 2 is 1.63 bits per heavy atom. The molecule has 0 aliphatic rings. The molecule has 0 fully saturated rings. The number of rotatable bonds is 12. The van der Waals surface area contributed by atoms with Crippen LogP contribution in [0.4, 0.5) is 0 Å². The van der Waals surface area contributed by atoms with Gasteiger partial charge in [-0.2, -0.15) is 0 Å². The van der Waals surface area contributed by atoms with Crippen LogP contribution in [0.1, 0.15) is 46.8 Å². The maximum Gasteiger partial charge on any atom is 0.193 e. The van der Waals surface area contributed by atoms with Crippen LogP contribution in [0.3, 0.4) is 0 Å². The zero-order chi connectivity index (χ0) is 28.8. The summed E-state index contributed by atoms with van der Waals surface area (Å²) in [6.07, 6.45) is 1.50. The fourth-order valence-corrected chi connectivity index (χ4v) is 6.14. The molecule has 5 nitrogen and oxygen atoms in total. The molecule has 0 saturated heterocycles. The van der Waals surface area contributed by atoms with E-state index in [0.717, 1.165) is 55.0 Å².